The predicted octanol–water partition coefficient (Wildman–Crippen LogP) is 11.4. The Hall–Kier alpha value is -2.61. The summed E-state index contributed by atoms with van der Waals surface area (Å²) in [7, 11) is 2.47. The van der Waals surface area contributed by atoms with Crippen LogP contribution in [0.15, 0.2) is 42.0 Å². The van der Waals surface area contributed by atoms with Crippen molar-refractivity contribution in [2.75, 3.05) is 38.1 Å². The molecule has 0 radical (unpaired) electrons. The summed E-state index contributed by atoms with van der Waals surface area (Å²) in [6, 6.07) is 18.6. The van der Waals surface area contributed by atoms with Crippen LogP contribution in [0, 0.1) is 63.1 Å². The fraction of sp³-hybridized carbons (Fsp3) is 0.712. The van der Waals surface area contributed by atoms with Crippen molar-refractivity contribution in [1.29, 1.82) is 5.26 Å². The molecular formula is C52H74N4. The summed E-state index contributed by atoms with van der Waals surface area (Å²) in [6.07, 6.45) is 4.58. The molecule has 56 heavy (non-hydrogen) atoms. The Morgan fingerprint density at radius 1 is 0.875 bits per heavy atom. The SMILES string of the molecule is CCC12C(C)C(C)CN3CCC4(c5cc(C6(C)CC7(C)CN(CCC8=C6C(C)c6ccccc68)C(C#N)C(C)(C)C7(C)C)c(C)cc5N(C)C4C(C)(C)C1C)C32. The number of hydrogen-bond acceptors (Lipinski definition) is 4. The fourth-order valence-electron chi connectivity index (χ4n) is 17.1. The average Bonchev–Trinajstić information content (AvgIpc) is 3.74. The van der Waals surface area contributed by atoms with Crippen LogP contribution < -0.4 is 4.90 Å². The lowest BCUT2D eigenvalue weighted by atomic mass is 9.39. The predicted molar refractivity (Wildman–Crippen MR) is 234 cm³/mol. The van der Waals surface area contributed by atoms with Gasteiger partial charge in [0, 0.05) is 61.2 Å². The van der Waals surface area contributed by atoms with Crippen LogP contribution in [-0.4, -0.2) is 61.2 Å². The lowest BCUT2D eigenvalue weighted by Crippen LogP contribution is -2.75. The van der Waals surface area contributed by atoms with Gasteiger partial charge in [0.15, 0.2) is 0 Å². The van der Waals surface area contributed by atoms with Crippen molar-refractivity contribution in [2.45, 2.75) is 157 Å². The Labute approximate surface area is 341 Å². The molecule has 302 valence electrons. The topological polar surface area (TPSA) is 33.5 Å². The van der Waals surface area contributed by atoms with Crippen LogP contribution in [0.3, 0.4) is 0 Å². The van der Waals surface area contributed by atoms with E-state index in [4.69, 9.17) is 0 Å². The normalized spacial score (nSPS) is 44.1. The Kier molecular flexibility index (Phi) is 8.18. The van der Waals surface area contributed by atoms with Crippen molar-refractivity contribution in [3.8, 4) is 6.07 Å². The summed E-state index contributed by atoms with van der Waals surface area (Å²) in [5.74, 6) is 2.36. The molecule has 2 bridgehead atoms. The molecule has 0 aromatic heterocycles. The maximum Gasteiger partial charge on any atom is 0.103 e. The molecule has 0 N–H and O–H groups in total. The van der Waals surface area contributed by atoms with E-state index in [2.05, 4.69) is 161 Å². The molecule has 3 saturated heterocycles. The second-order valence-electron chi connectivity index (χ2n) is 23.0. The molecule has 5 heterocycles. The fourth-order valence-corrected chi connectivity index (χ4v) is 17.1. The molecule has 5 aliphatic heterocycles. The highest BCUT2D eigenvalue weighted by molar-refractivity contribution is 5.82. The van der Waals surface area contributed by atoms with Crippen molar-refractivity contribution < 1.29 is 0 Å². The van der Waals surface area contributed by atoms with Gasteiger partial charge >= 0.3 is 0 Å². The minimum atomic E-state index is -0.191. The first-order valence-corrected chi connectivity index (χ1v) is 22.7. The quantitative estimate of drug-likeness (QED) is 0.306. The van der Waals surface area contributed by atoms with E-state index in [0.717, 1.165) is 25.9 Å². The number of benzene rings is 2. The maximum atomic E-state index is 10.8. The van der Waals surface area contributed by atoms with Crippen LogP contribution in [0.1, 0.15) is 149 Å². The van der Waals surface area contributed by atoms with E-state index in [1.54, 1.807) is 22.3 Å². The standard InChI is InChI=1S/C52H74N4/c1-16-51-34(5)32(3)28-55-24-22-52(45(51)55)40-26-39(31(2)25-41(40)54(15)44(52)46(7,8)35(51)6)50(14)29-49(13)30-56(42(27-53)47(9,10)48(49,11)12)23-21-38-37-20-18-17-19-36(37)33(4)43(38)50/h17-20,25-26,32-35,42,44-45H,16,21-24,28-30H2,1-15H3. The zero-order chi connectivity index (χ0) is 40.5. The molecule has 2 aliphatic carbocycles. The molecule has 2 aromatic carbocycles. The molecule has 7 aliphatic rings. The molecular weight excluding hydrogens is 681 g/mol. The van der Waals surface area contributed by atoms with Gasteiger partial charge in [0.1, 0.15) is 6.04 Å². The van der Waals surface area contributed by atoms with E-state index in [0.29, 0.717) is 35.8 Å². The molecule has 4 fully saturated rings. The first-order valence-electron chi connectivity index (χ1n) is 22.7. The second kappa shape index (κ2) is 11.8. The summed E-state index contributed by atoms with van der Waals surface area (Å²) >= 11 is 0. The van der Waals surface area contributed by atoms with Crippen LogP contribution in [0.25, 0.3) is 5.57 Å². The second-order valence-corrected chi connectivity index (χ2v) is 23.0. The number of allylic oxidation sites excluding steroid dienone is 1. The molecule has 4 heteroatoms. The maximum absolute atomic E-state index is 10.8. The van der Waals surface area contributed by atoms with Gasteiger partial charge in [0.25, 0.3) is 0 Å². The van der Waals surface area contributed by atoms with Crippen LogP contribution in [0.5, 0.6) is 0 Å². The Morgan fingerprint density at radius 2 is 1.57 bits per heavy atom. The minimum Gasteiger partial charge on any atom is -0.370 e. The highest BCUT2D eigenvalue weighted by Gasteiger charge is 2.76. The Morgan fingerprint density at radius 3 is 2.25 bits per heavy atom. The van der Waals surface area contributed by atoms with Gasteiger partial charge in [-0.3, -0.25) is 9.80 Å². The van der Waals surface area contributed by atoms with Gasteiger partial charge in [-0.1, -0.05) is 120 Å². The van der Waals surface area contributed by atoms with Gasteiger partial charge in [0.2, 0.25) is 0 Å². The molecule has 4 nitrogen and oxygen atoms in total. The summed E-state index contributed by atoms with van der Waals surface area (Å²) in [5.41, 5.74) is 12.4. The van der Waals surface area contributed by atoms with Gasteiger partial charge in [-0.25, -0.2) is 0 Å². The number of rotatable bonds is 2. The number of anilines is 1. The first-order chi connectivity index (χ1) is 26.1. The number of nitrogens with zero attached hydrogens (tertiary/aromatic N) is 4. The smallest absolute Gasteiger partial charge is 0.103 e. The van der Waals surface area contributed by atoms with Gasteiger partial charge in [0.05, 0.1) is 6.07 Å². The third-order valence-electron chi connectivity index (χ3n) is 20.7. The number of piperidine rings is 2. The highest BCUT2D eigenvalue weighted by atomic mass is 15.3. The Bertz CT molecular complexity index is 2060. The summed E-state index contributed by atoms with van der Waals surface area (Å²) < 4.78 is 0. The monoisotopic (exact) mass is 755 g/mol. The third-order valence-corrected chi connectivity index (χ3v) is 20.7. The van der Waals surface area contributed by atoms with Crippen molar-refractivity contribution in [2.24, 2.45) is 44.8 Å². The number of nitriles is 1. The zero-order valence-electron chi connectivity index (χ0n) is 38.0. The molecule has 1 saturated carbocycles. The Balaban J connectivity index is 1.32. The van der Waals surface area contributed by atoms with E-state index in [1.807, 2.05) is 0 Å². The van der Waals surface area contributed by atoms with Crippen molar-refractivity contribution in [3.05, 3.63) is 69.8 Å². The number of aryl methyl sites for hydroxylation is 1. The number of fused-ring (bicyclic) bond motifs is 5. The van der Waals surface area contributed by atoms with Gasteiger partial charge in [-0.05, 0) is 129 Å². The summed E-state index contributed by atoms with van der Waals surface area (Å²) in [4.78, 5) is 8.42. The van der Waals surface area contributed by atoms with Crippen molar-refractivity contribution in [3.63, 3.8) is 0 Å². The van der Waals surface area contributed by atoms with E-state index in [-0.39, 0.29) is 43.9 Å². The van der Waals surface area contributed by atoms with E-state index in [1.165, 1.54) is 48.3 Å². The summed E-state index contributed by atoms with van der Waals surface area (Å²) in [5, 5.41) is 10.8. The van der Waals surface area contributed by atoms with Crippen LogP contribution >= 0.6 is 0 Å². The molecule has 9 rings (SSSR count). The van der Waals surface area contributed by atoms with E-state index < -0.39 is 0 Å². The van der Waals surface area contributed by atoms with Crippen LogP contribution in [0.2, 0.25) is 0 Å². The number of likely N-dealkylation sites (N-methyl/N-ethyl adjacent to an activating group) is 1. The van der Waals surface area contributed by atoms with Gasteiger partial charge in [-0.2, -0.15) is 5.26 Å². The lowest BCUT2D eigenvalue weighted by Gasteiger charge is -2.70. The van der Waals surface area contributed by atoms with Crippen molar-refractivity contribution >= 4 is 11.3 Å². The first kappa shape index (κ1) is 38.9. The molecule has 1 spiro atoms. The van der Waals surface area contributed by atoms with Crippen molar-refractivity contribution in [1.82, 2.24) is 9.80 Å². The largest absolute Gasteiger partial charge is 0.370 e. The van der Waals surface area contributed by atoms with Gasteiger partial charge < -0.3 is 4.90 Å². The average molecular weight is 755 g/mol. The third kappa shape index (κ3) is 4.24. The van der Waals surface area contributed by atoms with E-state index in [9.17, 15) is 5.26 Å². The lowest BCUT2D eigenvalue weighted by molar-refractivity contribution is -0.171. The summed E-state index contributed by atoms with van der Waals surface area (Å²) in [6.45, 7) is 40.2. The number of hydrogen-bond donors (Lipinski definition) is 0. The highest BCUT2D eigenvalue weighted by Crippen LogP contribution is 2.73. The van der Waals surface area contributed by atoms with Crippen LogP contribution in [-0.2, 0) is 10.8 Å². The molecule has 2 aromatic rings. The van der Waals surface area contributed by atoms with E-state index >= 15 is 0 Å². The van der Waals surface area contributed by atoms with Gasteiger partial charge in [-0.15, -0.1) is 0 Å². The molecule has 0 amide bonds. The molecule has 12 atom stereocenters. The van der Waals surface area contributed by atoms with Crippen LogP contribution in [0.4, 0.5) is 5.69 Å². The minimum absolute atomic E-state index is 0.0304. The molecule has 12 unspecified atom stereocenters. The zero-order valence-corrected chi connectivity index (χ0v) is 38.0.